The Kier molecular flexibility index (Phi) is 17.9. The van der Waals surface area contributed by atoms with Gasteiger partial charge in [0.15, 0.2) is 0 Å². The van der Waals surface area contributed by atoms with Crippen molar-refractivity contribution in [1.82, 2.24) is 4.90 Å². The molecule has 4 amide bonds. The summed E-state index contributed by atoms with van der Waals surface area (Å²) < 4.78 is 11.2. The maximum absolute atomic E-state index is 13.0. The predicted octanol–water partition coefficient (Wildman–Crippen LogP) is 9.97. The molecule has 1 aliphatic heterocycles. The second kappa shape index (κ2) is 22.1. The highest BCUT2D eigenvalue weighted by atomic mass is 16.6. The molecule has 0 aromatic heterocycles. The maximum Gasteiger partial charge on any atom is 0.409 e. The molecule has 266 valence electrons. The van der Waals surface area contributed by atoms with E-state index in [4.69, 9.17) is 15.2 Å². The highest BCUT2D eigenvalue weighted by Crippen LogP contribution is 2.35. The molecule has 0 bridgehead atoms. The Labute approximate surface area is 287 Å². The minimum Gasteiger partial charge on any atom is -0.462 e. The van der Waals surface area contributed by atoms with Gasteiger partial charge in [0.25, 0.3) is 0 Å². The number of carbonyl (C=O) groups excluding carboxylic acids is 4. The molecule has 0 aliphatic carbocycles. The maximum atomic E-state index is 13.0. The van der Waals surface area contributed by atoms with Gasteiger partial charge in [-0.3, -0.25) is 14.5 Å². The first kappa shape index (κ1) is 38.8. The van der Waals surface area contributed by atoms with Crippen molar-refractivity contribution in [3.8, 4) is 5.75 Å². The smallest absolute Gasteiger partial charge is 0.409 e. The van der Waals surface area contributed by atoms with Crippen LogP contribution in [0.15, 0.2) is 30.3 Å². The van der Waals surface area contributed by atoms with Crippen molar-refractivity contribution >= 4 is 40.5 Å². The van der Waals surface area contributed by atoms with Gasteiger partial charge in [-0.1, -0.05) is 128 Å². The van der Waals surface area contributed by atoms with Gasteiger partial charge in [0, 0.05) is 36.6 Å². The van der Waals surface area contributed by atoms with E-state index >= 15 is 0 Å². The molecule has 1 saturated heterocycles. The van der Waals surface area contributed by atoms with Gasteiger partial charge in [0.05, 0.1) is 5.69 Å². The topological polar surface area (TPSA) is 128 Å². The first-order chi connectivity index (χ1) is 23.3. The van der Waals surface area contributed by atoms with Crippen molar-refractivity contribution in [3.63, 3.8) is 0 Å². The fourth-order valence-corrected chi connectivity index (χ4v) is 6.52. The molecule has 3 rings (SSSR count). The van der Waals surface area contributed by atoms with Gasteiger partial charge in [-0.05, 0) is 37.8 Å². The van der Waals surface area contributed by atoms with E-state index < -0.39 is 18.2 Å². The van der Waals surface area contributed by atoms with Gasteiger partial charge in [0.2, 0.25) is 5.91 Å². The normalized spacial score (nSPS) is 14.0. The quantitative estimate of drug-likeness (QED) is 0.101. The number of anilines is 1. The van der Waals surface area contributed by atoms with Crippen LogP contribution in [0.1, 0.15) is 148 Å². The lowest BCUT2D eigenvalue weighted by atomic mass is 10.00. The lowest BCUT2D eigenvalue weighted by Gasteiger charge is -2.21. The standard InChI is InChI=1S/C39H59N3O6/c1-3-4-5-6-7-8-9-10-11-12-13-14-15-16-19-25-36(44)47-30(2)29-31-26-27-32-33(37(31)48-38(40)45)22-21-23-34(32)41-39(46)42-28-20-17-18-24-35(42)43/h21-23,26-27,30H,3-20,24-25,28-29H2,1-2H3,(H2,40,45)(H,41,46). The SMILES string of the molecule is CCCCCCCCCCCCCCCCCC(=O)OC(C)Cc1ccc2c(NC(=O)N3CCCCCC3=O)cccc2c1OC(N)=O. The fraction of sp³-hybridized carbons (Fsp3) is 0.641. The van der Waals surface area contributed by atoms with Gasteiger partial charge in [-0.2, -0.15) is 0 Å². The number of nitrogens with zero attached hydrogens (tertiary/aromatic N) is 1. The summed E-state index contributed by atoms with van der Waals surface area (Å²) >= 11 is 0. The number of benzene rings is 2. The highest BCUT2D eigenvalue weighted by molar-refractivity contribution is 6.08. The van der Waals surface area contributed by atoms with Gasteiger partial charge >= 0.3 is 18.1 Å². The number of amides is 4. The number of hydrogen-bond acceptors (Lipinski definition) is 6. The molecule has 48 heavy (non-hydrogen) atoms. The zero-order valence-corrected chi connectivity index (χ0v) is 29.5. The number of carbonyl (C=O) groups is 4. The van der Waals surface area contributed by atoms with Gasteiger partial charge < -0.3 is 20.5 Å². The zero-order chi connectivity index (χ0) is 34.6. The number of urea groups is 1. The van der Waals surface area contributed by atoms with Crippen LogP contribution in [-0.4, -0.2) is 41.5 Å². The number of fused-ring (bicyclic) bond motifs is 1. The van der Waals surface area contributed by atoms with E-state index in [1.165, 1.54) is 81.9 Å². The van der Waals surface area contributed by atoms with Crippen molar-refractivity contribution in [3.05, 3.63) is 35.9 Å². The monoisotopic (exact) mass is 665 g/mol. The number of nitrogens with two attached hydrogens (primary N) is 1. The Balaban J connectivity index is 1.42. The predicted molar refractivity (Wildman–Crippen MR) is 192 cm³/mol. The van der Waals surface area contributed by atoms with Crippen LogP contribution in [-0.2, 0) is 20.7 Å². The number of ether oxygens (including phenoxy) is 2. The Morgan fingerprint density at radius 3 is 2.06 bits per heavy atom. The summed E-state index contributed by atoms with van der Waals surface area (Å²) in [5, 5.41) is 4.06. The minimum atomic E-state index is -0.967. The molecule has 1 heterocycles. The first-order valence-corrected chi connectivity index (χ1v) is 18.6. The lowest BCUT2D eigenvalue weighted by Crippen LogP contribution is -2.39. The van der Waals surface area contributed by atoms with Crippen LogP contribution in [0.5, 0.6) is 5.75 Å². The van der Waals surface area contributed by atoms with Gasteiger partial charge in [-0.25, -0.2) is 9.59 Å². The van der Waals surface area contributed by atoms with Crippen molar-refractivity contribution in [2.24, 2.45) is 5.73 Å². The van der Waals surface area contributed by atoms with Gasteiger partial charge in [-0.15, -0.1) is 0 Å². The second-order valence-electron chi connectivity index (χ2n) is 13.4. The Bertz CT molecular complexity index is 1310. The van der Waals surface area contributed by atoms with Crippen LogP contribution >= 0.6 is 0 Å². The molecule has 2 aromatic carbocycles. The summed E-state index contributed by atoms with van der Waals surface area (Å²) in [6, 6.07) is 8.37. The van der Waals surface area contributed by atoms with Crippen LogP contribution in [0, 0.1) is 0 Å². The summed E-state index contributed by atoms with van der Waals surface area (Å²) in [4.78, 5) is 51.2. The second-order valence-corrected chi connectivity index (χ2v) is 13.4. The Morgan fingerprint density at radius 2 is 1.44 bits per heavy atom. The molecular weight excluding hydrogens is 606 g/mol. The zero-order valence-electron chi connectivity index (χ0n) is 29.5. The number of rotatable bonds is 21. The molecule has 1 atom stereocenters. The number of imide groups is 1. The summed E-state index contributed by atoms with van der Waals surface area (Å²) in [5.74, 6) is -0.163. The van der Waals surface area contributed by atoms with Crippen LogP contribution in [0.2, 0.25) is 0 Å². The number of esters is 1. The minimum absolute atomic E-state index is 0.187. The number of hydrogen-bond donors (Lipinski definition) is 2. The Hall–Kier alpha value is -3.62. The average molecular weight is 666 g/mol. The van der Waals surface area contributed by atoms with Crippen molar-refractivity contribution in [2.45, 2.75) is 155 Å². The number of nitrogens with one attached hydrogen (secondary N) is 1. The molecule has 0 radical (unpaired) electrons. The number of unbranched alkanes of at least 4 members (excludes halogenated alkanes) is 14. The van der Waals surface area contributed by atoms with Crippen LogP contribution in [0.4, 0.5) is 15.3 Å². The van der Waals surface area contributed by atoms with E-state index in [1.807, 2.05) is 13.0 Å². The molecule has 9 heteroatoms. The molecule has 2 aromatic rings. The molecule has 1 fully saturated rings. The summed E-state index contributed by atoms with van der Waals surface area (Å²) in [6.45, 7) is 4.46. The molecule has 9 nitrogen and oxygen atoms in total. The van der Waals surface area contributed by atoms with Crippen LogP contribution in [0.3, 0.4) is 0 Å². The summed E-state index contributed by atoms with van der Waals surface area (Å²) in [5.41, 5.74) is 6.57. The van der Waals surface area contributed by atoms with Gasteiger partial charge in [0.1, 0.15) is 11.9 Å². The van der Waals surface area contributed by atoms with Crippen LogP contribution in [0.25, 0.3) is 10.8 Å². The molecular formula is C39H59N3O6. The molecule has 0 spiro atoms. The molecule has 0 saturated carbocycles. The average Bonchev–Trinajstić information content (AvgIpc) is 3.28. The number of likely N-dealkylation sites (tertiary alicyclic amines) is 1. The summed E-state index contributed by atoms with van der Waals surface area (Å²) in [6.07, 6.45) is 21.2. The Morgan fingerprint density at radius 1 is 0.812 bits per heavy atom. The van der Waals surface area contributed by atoms with E-state index in [-0.39, 0.29) is 17.6 Å². The third kappa shape index (κ3) is 13.9. The van der Waals surface area contributed by atoms with Crippen molar-refractivity contribution in [2.75, 3.05) is 11.9 Å². The fourth-order valence-electron chi connectivity index (χ4n) is 6.52. The largest absolute Gasteiger partial charge is 0.462 e. The molecule has 1 aliphatic rings. The third-order valence-electron chi connectivity index (χ3n) is 9.18. The molecule has 3 N–H and O–H groups in total. The lowest BCUT2D eigenvalue weighted by molar-refractivity contribution is -0.148. The van der Waals surface area contributed by atoms with Crippen molar-refractivity contribution < 1.29 is 28.7 Å². The van der Waals surface area contributed by atoms with Crippen LogP contribution < -0.4 is 15.8 Å². The first-order valence-electron chi connectivity index (χ1n) is 18.6. The van der Waals surface area contributed by atoms with E-state index in [9.17, 15) is 19.2 Å². The van der Waals surface area contributed by atoms with E-state index in [0.29, 0.717) is 47.8 Å². The molecule has 1 unspecified atom stereocenters. The van der Waals surface area contributed by atoms with E-state index in [2.05, 4.69) is 12.2 Å². The highest BCUT2D eigenvalue weighted by Gasteiger charge is 2.24. The van der Waals surface area contributed by atoms with E-state index in [1.54, 1.807) is 24.3 Å². The van der Waals surface area contributed by atoms with E-state index in [0.717, 1.165) is 38.5 Å². The van der Waals surface area contributed by atoms with Crippen molar-refractivity contribution in [1.29, 1.82) is 0 Å². The third-order valence-corrected chi connectivity index (χ3v) is 9.18. The number of primary amides is 1. The summed E-state index contributed by atoms with van der Waals surface area (Å²) in [7, 11) is 0.